The third kappa shape index (κ3) is 5.12. The lowest BCUT2D eigenvalue weighted by Crippen LogP contribution is -2.30. The van der Waals surface area contributed by atoms with Gasteiger partial charge in [0.05, 0.1) is 11.3 Å². The van der Waals surface area contributed by atoms with Crippen LogP contribution in [0.2, 0.25) is 0 Å². The molecule has 4 rings (SSSR count). The van der Waals surface area contributed by atoms with E-state index in [0.29, 0.717) is 11.4 Å². The molecule has 0 amide bonds. The Balaban J connectivity index is 1.57. The molecule has 162 valence electrons. The highest BCUT2D eigenvalue weighted by atomic mass is 32.2. The largest absolute Gasteiger partial charge is 0.418 e. The molecular weight excluding hydrogens is 421 g/mol. The highest BCUT2D eigenvalue weighted by Gasteiger charge is 2.35. The highest BCUT2D eigenvalue weighted by Crippen LogP contribution is 2.38. The van der Waals surface area contributed by atoms with Crippen LogP contribution in [0.4, 0.5) is 24.8 Å². The Morgan fingerprint density at radius 1 is 0.903 bits per heavy atom. The first-order valence-corrected chi connectivity index (χ1v) is 11.0. The number of nitrogens with zero attached hydrogens (tertiary/aromatic N) is 3. The van der Waals surface area contributed by atoms with Crippen LogP contribution in [-0.4, -0.2) is 23.1 Å². The van der Waals surface area contributed by atoms with Crippen LogP contribution in [0, 0.1) is 6.92 Å². The molecule has 0 bridgehead atoms. The Morgan fingerprint density at radius 2 is 1.68 bits per heavy atom. The fourth-order valence-electron chi connectivity index (χ4n) is 3.65. The number of aryl methyl sites for hydroxylation is 1. The number of alkyl halides is 3. The van der Waals surface area contributed by atoms with E-state index in [1.165, 1.54) is 24.4 Å². The summed E-state index contributed by atoms with van der Waals surface area (Å²) in [6, 6.07) is 15.2. The van der Waals surface area contributed by atoms with Crippen LogP contribution in [0.5, 0.6) is 0 Å². The van der Waals surface area contributed by atoms with Gasteiger partial charge in [-0.1, -0.05) is 30.3 Å². The Bertz CT molecular complexity index is 1050. The summed E-state index contributed by atoms with van der Waals surface area (Å²) in [5.74, 6) is 1.27. The molecule has 4 nitrogen and oxygen atoms in total. The van der Waals surface area contributed by atoms with Gasteiger partial charge in [-0.15, -0.1) is 0 Å². The smallest absolute Gasteiger partial charge is 0.357 e. The number of rotatable bonds is 5. The molecule has 1 aromatic carbocycles. The predicted octanol–water partition coefficient (Wildman–Crippen LogP) is 6.58. The van der Waals surface area contributed by atoms with Crippen LogP contribution in [-0.2, 0) is 6.18 Å². The first-order valence-electron chi connectivity index (χ1n) is 10.2. The lowest BCUT2D eigenvalue weighted by molar-refractivity contribution is -0.137. The molecule has 1 N–H and O–H groups in total. The molecule has 3 aromatic rings. The van der Waals surface area contributed by atoms with Gasteiger partial charge in [0.1, 0.15) is 16.7 Å². The molecule has 0 saturated carbocycles. The van der Waals surface area contributed by atoms with E-state index in [1.807, 2.05) is 18.2 Å². The third-order valence-corrected chi connectivity index (χ3v) is 6.00. The molecule has 2 aromatic heterocycles. The maximum Gasteiger partial charge on any atom is 0.418 e. The van der Waals surface area contributed by atoms with Gasteiger partial charge in [-0.25, -0.2) is 9.97 Å². The predicted molar refractivity (Wildman–Crippen MR) is 119 cm³/mol. The maximum atomic E-state index is 13.6. The van der Waals surface area contributed by atoms with Crippen molar-refractivity contribution in [1.29, 1.82) is 0 Å². The molecule has 1 fully saturated rings. The van der Waals surface area contributed by atoms with E-state index >= 15 is 0 Å². The summed E-state index contributed by atoms with van der Waals surface area (Å²) in [4.78, 5) is 11.3. The fourth-order valence-corrected chi connectivity index (χ4v) is 4.26. The Kier molecular flexibility index (Phi) is 6.36. The lowest BCUT2D eigenvalue weighted by Gasteiger charge is -2.27. The summed E-state index contributed by atoms with van der Waals surface area (Å²) in [6.07, 6.45) is -0.918. The van der Waals surface area contributed by atoms with E-state index in [1.54, 1.807) is 31.2 Å². The van der Waals surface area contributed by atoms with Crippen LogP contribution in [0.15, 0.2) is 59.6 Å². The number of aromatic nitrogens is 2. The molecule has 31 heavy (non-hydrogen) atoms. The average Bonchev–Trinajstić information content (AvgIpc) is 2.78. The molecule has 0 aliphatic carbocycles. The first-order chi connectivity index (χ1) is 14.9. The van der Waals surface area contributed by atoms with Gasteiger partial charge in [0.25, 0.3) is 0 Å². The minimum absolute atomic E-state index is 0.0776. The van der Waals surface area contributed by atoms with Gasteiger partial charge in [0.2, 0.25) is 0 Å². The monoisotopic (exact) mass is 444 g/mol. The SMILES string of the molecule is Cc1ccccc1-c1nc(NSc2cccc(N3CCCCC3)n2)ccc1C(F)(F)F. The second-order valence-corrected chi connectivity index (χ2v) is 8.32. The number of halogens is 3. The normalized spacial score (nSPS) is 14.5. The second-order valence-electron chi connectivity index (χ2n) is 7.49. The van der Waals surface area contributed by atoms with Crippen LogP contribution in [0.1, 0.15) is 30.4 Å². The van der Waals surface area contributed by atoms with E-state index in [9.17, 15) is 13.2 Å². The van der Waals surface area contributed by atoms with Gasteiger partial charge < -0.3 is 9.62 Å². The van der Waals surface area contributed by atoms with E-state index in [2.05, 4.69) is 19.6 Å². The number of nitrogens with one attached hydrogen (secondary N) is 1. The first kappa shape index (κ1) is 21.5. The molecule has 3 heterocycles. The number of hydrogen-bond donors (Lipinski definition) is 1. The van der Waals surface area contributed by atoms with Crippen LogP contribution in [0.25, 0.3) is 11.3 Å². The number of hydrogen-bond acceptors (Lipinski definition) is 5. The fraction of sp³-hybridized carbons (Fsp3) is 0.304. The zero-order valence-corrected chi connectivity index (χ0v) is 17.9. The summed E-state index contributed by atoms with van der Waals surface area (Å²) >= 11 is 1.24. The van der Waals surface area contributed by atoms with Crippen molar-refractivity contribution in [3.63, 3.8) is 0 Å². The van der Waals surface area contributed by atoms with Crippen molar-refractivity contribution >= 4 is 23.6 Å². The standard InChI is InChI=1S/C23H23F3N4S/c1-16-8-3-4-9-17(16)22-18(23(24,25)26)12-13-19(27-22)29-31-21-11-7-10-20(28-21)30-14-5-2-6-15-30/h3-4,7-13H,2,5-6,14-15H2,1H3,(H,27,29). The quantitative estimate of drug-likeness (QED) is 0.450. The van der Waals surface area contributed by atoms with E-state index in [4.69, 9.17) is 0 Å². The maximum absolute atomic E-state index is 13.6. The number of anilines is 2. The van der Waals surface area contributed by atoms with Crippen LogP contribution in [0.3, 0.4) is 0 Å². The lowest BCUT2D eigenvalue weighted by atomic mass is 10.0. The van der Waals surface area contributed by atoms with Gasteiger partial charge >= 0.3 is 6.18 Å². The summed E-state index contributed by atoms with van der Waals surface area (Å²) in [5, 5.41) is 0.738. The minimum atomic E-state index is -4.49. The van der Waals surface area contributed by atoms with Crippen LogP contribution >= 0.6 is 11.9 Å². The molecule has 0 spiro atoms. The topological polar surface area (TPSA) is 41.1 Å². The van der Waals surface area contributed by atoms with Gasteiger partial charge in [-0.05, 0) is 56.0 Å². The van der Waals surface area contributed by atoms with Gasteiger partial charge in [-0.2, -0.15) is 13.2 Å². The Morgan fingerprint density at radius 3 is 2.42 bits per heavy atom. The summed E-state index contributed by atoms with van der Waals surface area (Å²) in [6.45, 7) is 3.77. The molecule has 0 radical (unpaired) electrons. The molecule has 8 heteroatoms. The van der Waals surface area contributed by atoms with Gasteiger partial charge in [0, 0.05) is 30.6 Å². The second kappa shape index (κ2) is 9.18. The Hall–Kier alpha value is -2.74. The summed E-state index contributed by atoms with van der Waals surface area (Å²) in [5.41, 5.74) is 0.378. The number of benzene rings is 1. The van der Waals surface area contributed by atoms with Crippen molar-refractivity contribution in [3.05, 3.63) is 65.7 Å². The molecule has 1 saturated heterocycles. The highest BCUT2D eigenvalue weighted by molar-refractivity contribution is 8.00. The number of piperidine rings is 1. The van der Waals surface area contributed by atoms with E-state index < -0.39 is 11.7 Å². The Labute approximate surface area is 184 Å². The zero-order valence-electron chi connectivity index (χ0n) is 17.1. The minimum Gasteiger partial charge on any atom is -0.357 e. The van der Waals surface area contributed by atoms with Gasteiger partial charge in [-0.3, -0.25) is 0 Å². The van der Waals surface area contributed by atoms with Crippen molar-refractivity contribution in [2.24, 2.45) is 0 Å². The van der Waals surface area contributed by atoms with Crippen molar-refractivity contribution in [2.75, 3.05) is 22.7 Å². The van der Waals surface area contributed by atoms with Crippen molar-refractivity contribution in [2.45, 2.75) is 37.4 Å². The van der Waals surface area contributed by atoms with Crippen molar-refractivity contribution < 1.29 is 13.2 Å². The third-order valence-electron chi connectivity index (χ3n) is 5.25. The van der Waals surface area contributed by atoms with Gasteiger partial charge in [0.15, 0.2) is 0 Å². The van der Waals surface area contributed by atoms with Crippen molar-refractivity contribution in [3.8, 4) is 11.3 Å². The zero-order chi connectivity index (χ0) is 21.8. The van der Waals surface area contributed by atoms with E-state index in [0.717, 1.165) is 48.4 Å². The molecule has 1 aliphatic rings. The van der Waals surface area contributed by atoms with Crippen LogP contribution < -0.4 is 9.62 Å². The molecular formula is C23H23F3N4S. The number of pyridine rings is 2. The van der Waals surface area contributed by atoms with E-state index in [-0.39, 0.29) is 5.69 Å². The van der Waals surface area contributed by atoms with Crippen molar-refractivity contribution in [1.82, 2.24) is 9.97 Å². The molecule has 0 unspecified atom stereocenters. The summed E-state index contributed by atoms with van der Waals surface area (Å²) < 4.78 is 43.8. The summed E-state index contributed by atoms with van der Waals surface area (Å²) in [7, 11) is 0. The molecule has 0 atom stereocenters. The molecule has 1 aliphatic heterocycles. The average molecular weight is 445 g/mol.